The van der Waals surface area contributed by atoms with Crippen molar-refractivity contribution in [2.45, 2.75) is 63.1 Å². The summed E-state index contributed by atoms with van der Waals surface area (Å²) < 4.78 is 66.7. The third-order valence-electron chi connectivity index (χ3n) is 4.91. The van der Waals surface area contributed by atoms with E-state index in [0.29, 0.717) is 11.5 Å². The minimum Gasteiger partial charge on any atom is -0.359 e. The number of anilines is 1. The molecule has 0 radical (unpaired) electrons. The smallest absolute Gasteiger partial charge is 0.359 e. The number of hydrogen-bond donors (Lipinski definition) is 1. The summed E-state index contributed by atoms with van der Waals surface area (Å²) in [5.41, 5.74) is 0.467. The zero-order valence-corrected chi connectivity index (χ0v) is 14.6. The number of rotatable bonds is 5. The Balaban J connectivity index is 1.55. The number of carbonyl (C=O) groups is 1. The zero-order valence-electron chi connectivity index (χ0n) is 14.6. The van der Waals surface area contributed by atoms with Crippen LogP contribution in [0.5, 0.6) is 0 Å². The molecule has 1 aliphatic heterocycles. The highest BCUT2D eigenvalue weighted by Gasteiger charge is 2.47. The number of likely N-dealkylation sites (tertiary alicyclic amines) is 1. The third-order valence-corrected chi connectivity index (χ3v) is 4.91. The number of ether oxygens (including phenoxy) is 1. The number of carbonyl (C=O) groups excluding carboxylic acids is 1. The lowest BCUT2D eigenvalue weighted by Crippen LogP contribution is -2.64. The molecule has 1 saturated heterocycles. The first-order valence-corrected chi connectivity index (χ1v) is 8.46. The Morgan fingerprint density at radius 3 is 2.59 bits per heavy atom. The summed E-state index contributed by atoms with van der Waals surface area (Å²) in [4.78, 5) is 21.7. The summed E-state index contributed by atoms with van der Waals surface area (Å²) in [6.07, 6.45) is -5.15. The van der Waals surface area contributed by atoms with Crippen LogP contribution in [0.3, 0.4) is 0 Å². The van der Waals surface area contributed by atoms with Crippen molar-refractivity contribution in [3.63, 3.8) is 0 Å². The molecule has 11 heteroatoms. The maximum atomic E-state index is 13.0. The number of nitrogens with one attached hydrogen (secondary N) is 1. The lowest BCUT2D eigenvalue weighted by Gasteiger charge is -2.46. The number of halogens is 5. The highest BCUT2D eigenvalue weighted by Crippen LogP contribution is 2.47. The molecule has 150 valence electrons. The Bertz CT molecular complexity index is 706. The van der Waals surface area contributed by atoms with Gasteiger partial charge in [-0.1, -0.05) is 0 Å². The van der Waals surface area contributed by atoms with Crippen molar-refractivity contribution in [3.8, 4) is 0 Å². The average molecular weight is 394 g/mol. The number of hydrogen-bond acceptors (Lipinski definition) is 5. The molecule has 1 N–H and O–H groups in total. The van der Waals surface area contributed by atoms with E-state index in [0.717, 1.165) is 0 Å². The van der Waals surface area contributed by atoms with E-state index in [2.05, 4.69) is 20.0 Å². The van der Waals surface area contributed by atoms with Crippen LogP contribution < -0.4 is 5.32 Å². The van der Waals surface area contributed by atoms with E-state index < -0.39 is 36.4 Å². The molecule has 1 saturated carbocycles. The Morgan fingerprint density at radius 1 is 1.37 bits per heavy atom. The van der Waals surface area contributed by atoms with E-state index in [1.54, 1.807) is 6.92 Å². The van der Waals surface area contributed by atoms with Gasteiger partial charge in [0.1, 0.15) is 24.3 Å². The van der Waals surface area contributed by atoms with E-state index >= 15 is 0 Å². The molecule has 1 amide bonds. The van der Waals surface area contributed by atoms with Gasteiger partial charge in [-0.25, -0.2) is 18.7 Å². The normalized spacial score (nSPS) is 26.1. The molecule has 1 aromatic rings. The lowest BCUT2D eigenvalue weighted by molar-refractivity contribution is -0.359. The molecule has 3 atom stereocenters. The Labute approximate surface area is 152 Å². The van der Waals surface area contributed by atoms with Crippen LogP contribution in [-0.2, 0) is 9.53 Å². The van der Waals surface area contributed by atoms with Gasteiger partial charge in [-0.3, -0.25) is 9.53 Å². The van der Waals surface area contributed by atoms with Crippen molar-refractivity contribution in [2.75, 3.05) is 11.9 Å². The molecule has 0 aromatic carbocycles. The molecule has 2 fully saturated rings. The Kier molecular flexibility index (Phi) is 5.00. The van der Waals surface area contributed by atoms with Crippen LogP contribution in [0.25, 0.3) is 0 Å². The fourth-order valence-corrected chi connectivity index (χ4v) is 3.25. The van der Waals surface area contributed by atoms with Crippen molar-refractivity contribution in [3.05, 3.63) is 18.1 Å². The minimum atomic E-state index is -4.74. The molecular weight excluding hydrogens is 375 g/mol. The standard InChI is InChI=1S/C16H19F5N4O2/c1-8(14(26)25-6-12(9(25)2)27-16(19,20)21)24-13-3-11(22-7-23-13)10-4-15(17,18)5-10/h3,7-10,12H,4-6H2,1-2H3,(H,22,23,24)/t8-,9+,12+/m1/s1. The molecule has 6 nitrogen and oxygen atoms in total. The third kappa shape index (κ3) is 4.45. The second kappa shape index (κ2) is 6.84. The van der Waals surface area contributed by atoms with E-state index in [1.807, 2.05) is 0 Å². The van der Waals surface area contributed by atoms with Gasteiger partial charge < -0.3 is 10.2 Å². The highest BCUT2D eigenvalue weighted by molar-refractivity contribution is 5.85. The number of nitrogens with zero attached hydrogens (tertiary/aromatic N) is 3. The van der Waals surface area contributed by atoms with Crippen LogP contribution in [-0.4, -0.2) is 57.8 Å². The van der Waals surface area contributed by atoms with Gasteiger partial charge in [0.25, 0.3) is 0 Å². The van der Waals surface area contributed by atoms with Gasteiger partial charge in [-0.15, -0.1) is 13.2 Å². The number of alkyl halides is 5. The molecule has 2 heterocycles. The predicted molar refractivity (Wildman–Crippen MR) is 84.1 cm³/mol. The van der Waals surface area contributed by atoms with E-state index in [9.17, 15) is 26.7 Å². The van der Waals surface area contributed by atoms with Crippen LogP contribution in [0, 0.1) is 0 Å². The fraction of sp³-hybridized carbons (Fsp3) is 0.688. The van der Waals surface area contributed by atoms with Gasteiger partial charge in [0.15, 0.2) is 0 Å². The van der Waals surface area contributed by atoms with Gasteiger partial charge in [0, 0.05) is 37.1 Å². The van der Waals surface area contributed by atoms with Crippen LogP contribution in [0.2, 0.25) is 0 Å². The summed E-state index contributed by atoms with van der Waals surface area (Å²) in [5, 5.41) is 2.85. The Hall–Kier alpha value is -2.04. The van der Waals surface area contributed by atoms with E-state index in [4.69, 9.17) is 0 Å². The molecule has 0 bridgehead atoms. The van der Waals surface area contributed by atoms with Crippen molar-refractivity contribution >= 4 is 11.7 Å². The summed E-state index contributed by atoms with van der Waals surface area (Å²) in [5.74, 6) is -3.13. The first kappa shape index (κ1) is 19.7. The maximum Gasteiger partial charge on any atom is 0.522 e. The number of amides is 1. The molecule has 0 unspecified atom stereocenters. The number of aromatic nitrogens is 2. The quantitative estimate of drug-likeness (QED) is 0.778. The SMILES string of the molecule is C[C@@H](Nc1cc(C2CC(F)(F)C2)ncn1)C(=O)N1C[C@H](OC(F)(F)F)[C@@H]1C. The van der Waals surface area contributed by atoms with Crippen molar-refractivity contribution < 1.29 is 31.5 Å². The lowest BCUT2D eigenvalue weighted by atomic mass is 9.79. The van der Waals surface area contributed by atoms with Crippen LogP contribution in [0.4, 0.5) is 27.8 Å². The molecule has 1 aromatic heterocycles. The Morgan fingerprint density at radius 2 is 2.04 bits per heavy atom. The average Bonchev–Trinajstić information content (AvgIpc) is 2.54. The largest absolute Gasteiger partial charge is 0.522 e. The maximum absolute atomic E-state index is 13.0. The molecule has 0 spiro atoms. The van der Waals surface area contributed by atoms with Crippen LogP contribution in [0.15, 0.2) is 12.4 Å². The van der Waals surface area contributed by atoms with Gasteiger partial charge >= 0.3 is 6.36 Å². The van der Waals surface area contributed by atoms with Crippen LogP contribution in [0.1, 0.15) is 38.3 Å². The van der Waals surface area contributed by atoms with E-state index in [-0.39, 0.29) is 25.3 Å². The molecular formula is C16H19F5N4O2. The van der Waals surface area contributed by atoms with Crippen molar-refractivity contribution in [2.24, 2.45) is 0 Å². The first-order valence-electron chi connectivity index (χ1n) is 8.46. The van der Waals surface area contributed by atoms with Crippen molar-refractivity contribution in [1.29, 1.82) is 0 Å². The van der Waals surface area contributed by atoms with Gasteiger partial charge in [-0.05, 0) is 13.8 Å². The molecule has 1 aliphatic carbocycles. The highest BCUT2D eigenvalue weighted by atomic mass is 19.4. The first-order chi connectivity index (χ1) is 12.5. The molecule has 3 rings (SSSR count). The molecule has 2 aliphatic rings. The second-order valence-electron chi connectivity index (χ2n) is 6.99. The summed E-state index contributed by atoms with van der Waals surface area (Å²) in [7, 11) is 0. The minimum absolute atomic E-state index is 0.155. The molecule has 27 heavy (non-hydrogen) atoms. The van der Waals surface area contributed by atoms with Crippen LogP contribution >= 0.6 is 0 Å². The topological polar surface area (TPSA) is 67.4 Å². The summed E-state index contributed by atoms with van der Waals surface area (Å²) in [6.45, 7) is 2.87. The van der Waals surface area contributed by atoms with Gasteiger partial charge in [0.05, 0.1) is 6.04 Å². The summed E-state index contributed by atoms with van der Waals surface area (Å²) >= 11 is 0. The van der Waals surface area contributed by atoms with E-state index in [1.165, 1.54) is 24.2 Å². The zero-order chi connectivity index (χ0) is 20.0. The summed E-state index contributed by atoms with van der Waals surface area (Å²) in [6, 6.07) is 0.0464. The second-order valence-corrected chi connectivity index (χ2v) is 6.99. The van der Waals surface area contributed by atoms with Gasteiger partial charge in [-0.2, -0.15) is 0 Å². The predicted octanol–water partition coefficient (Wildman–Crippen LogP) is 2.93. The van der Waals surface area contributed by atoms with Gasteiger partial charge in [0.2, 0.25) is 11.8 Å². The van der Waals surface area contributed by atoms with Crippen molar-refractivity contribution in [1.82, 2.24) is 14.9 Å². The fourth-order valence-electron chi connectivity index (χ4n) is 3.25. The monoisotopic (exact) mass is 394 g/mol.